The van der Waals surface area contributed by atoms with E-state index in [0.717, 1.165) is 57.1 Å². The molecule has 152 valence electrons. The minimum Gasteiger partial charge on any atom is -0.479 e. The Kier molecular flexibility index (Phi) is 4.62. The highest BCUT2D eigenvalue weighted by molar-refractivity contribution is 5.96. The third-order valence-corrected chi connectivity index (χ3v) is 8.74. The van der Waals surface area contributed by atoms with E-state index in [-0.39, 0.29) is 10.8 Å². The first kappa shape index (κ1) is 19.5. The van der Waals surface area contributed by atoms with Crippen LogP contribution in [-0.2, 0) is 9.63 Å². The van der Waals surface area contributed by atoms with Crippen LogP contribution in [0.3, 0.4) is 0 Å². The van der Waals surface area contributed by atoms with Crippen LogP contribution < -0.4 is 0 Å². The molecule has 0 aromatic rings. The van der Waals surface area contributed by atoms with Gasteiger partial charge in [-0.25, -0.2) is 4.79 Å². The molecule has 4 rings (SSSR count). The van der Waals surface area contributed by atoms with Crippen LogP contribution in [-0.4, -0.2) is 34.1 Å². The smallest absolute Gasteiger partial charge is 0.344 e. The van der Waals surface area contributed by atoms with E-state index in [1.54, 1.807) is 0 Å². The third-order valence-electron chi connectivity index (χ3n) is 8.74. The topological polar surface area (TPSA) is 79.1 Å². The fourth-order valence-corrected chi connectivity index (χ4v) is 7.07. The number of hydrogen-bond acceptors (Lipinski definition) is 4. The molecule has 0 aromatic heterocycles. The van der Waals surface area contributed by atoms with Crippen molar-refractivity contribution in [3.63, 3.8) is 0 Å². The fraction of sp³-hybridized carbons (Fsp3) is 0.739. The van der Waals surface area contributed by atoms with Crippen molar-refractivity contribution in [2.24, 2.45) is 33.7 Å². The Bertz CT molecular complexity index is 780. The molecule has 0 aromatic carbocycles. The van der Waals surface area contributed by atoms with E-state index in [9.17, 15) is 9.90 Å². The summed E-state index contributed by atoms with van der Waals surface area (Å²) in [5.74, 6) is 3.47. The zero-order chi connectivity index (χ0) is 20.2. The lowest BCUT2D eigenvalue weighted by molar-refractivity contribution is -0.142. The summed E-state index contributed by atoms with van der Waals surface area (Å²) in [5.41, 5.74) is 1.34. The number of hydrogen-bond donors (Lipinski definition) is 2. The van der Waals surface area contributed by atoms with Gasteiger partial charge < -0.3 is 15.1 Å². The number of allylic oxidation sites excluding steroid dienone is 2. The Balaban J connectivity index is 1.57. The molecule has 0 aliphatic heterocycles. The van der Waals surface area contributed by atoms with Gasteiger partial charge in [-0.3, -0.25) is 0 Å². The SMILES string of the molecule is C#C[C@@]1(O)CC[C@@H]2[C@H]3CCC4=C/C(=N/OCC(=O)O)CC[C@]4(C)[C@H]3CC[C@@]21C. The average molecular weight is 386 g/mol. The number of carboxylic acid groups (broad SMARTS) is 1. The summed E-state index contributed by atoms with van der Waals surface area (Å²) in [6.45, 7) is 4.22. The first-order valence-electron chi connectivity index (χ1n) is 10.6. The van der Waals surface area contributed by atoms with Crippen LogP contribution in [0.2, 0.25) is 0 Å². The van der Waals surface area contributed by atoms with Crippen LogP contribution in [0.4, 0.5) is 0 Å². The highest BCUT2D eigenvalue weighted by atomic mass is 16.6. The minimum atomic E-state index is -1.01. The van der Waals surface area contributed by atoms with E-state index < -0.39 is 18.2 Å². The maximum atomic E-state index is 11.1. The summed E-state index contributed by atoms with van der Waals surface area (Å²) < 4.78 is 0. The fourth-order valence-electron chi connectivity index (χ4n) is 7.07. The van der Waals surface area contributed by atoms with Crippen molar-refractivity contribution in [1.29, 1.82) is 0 Å². The van der Waals surface area contributed by atoms with Crippen LogP contribution in [0, 0.1) is 40.9 Å². The van der Waals surface area contributed by atoms with Crippen molar-refractivity contribution in [3.8, 4) is 12.3 Å². The molecule has 0 bridgehead atoms. The normalized spacial score (nSPS) is 46.0. The molecule has 0 spiro atoms. The monoisotopic (exact) mass is 385 g/mol. The number of aliphatic hydroxyl groups is 1. The molecular weight excluding hydrogens is 354 g/mol. The lowest BCUT2D eigenvalue weighted by Crippen LogP contribution is -2.54. The Hall–Kier alpha value is -1.80. The predicted octanol–water partition coefficient (Wildman–Crippen LogP) is 3.77. The zero-order valence-corrected chi connectivity index (χ0v) is 16.9. The largest absolute Gasteiger partial charge is 0.479 e. The summed E-state index contributed by atoms with van der Waals surface area (Å²) in [4.78, 5) is 15.6. The van der Waals surface area contributed by atoms with Crippen molar-refractivity contribution < 1.29 is 19.8 Å². The molecule has 4 aliphatic carbocycles. The van der Waals surface area contributed by atoms with Crippen molar-refractivity contribution in [1.82, 2.24) is 0 Å². The maximum absolute atomic E-state index is 11.1. The predicted molar refractivity (Wildman–Crippen MR) is 107 cm³/mol. The van der Waals surface area contributed by atoms with Crippen LogP contribution in [0.15, 0.2) is 16.8 Å². The number of terminal acetylenes is 1. The molecule has 4 aliphatic rings. The van der Waals surface area contributed by atoms with E-state index in [4.69, 9.17) is 16.4 Å². The Labute approximate surface area is 167 Å². The molecule has 0 amide bonds. The molecule has 0 radical (unpaired) electrons. The van der Waals surface area contributed by atoms with Gasteiger partial charge in [0.15, 0.2) is 0 Å². The third kappa shape index (κ3) is 2.72. The van der Waals surface area contributed by atoms with Crippen molar-refractivity contribution in [3.05, 3.63) is 11.6 Å². The Morgan fingerprint density at radius 1 is 1.25 bits per heavy atom. The van der Waals surface area contributed by atoms with Crippen LogP contribution in [0.1, 0.15) is 65.2 Å². The molecule has 3 saturated carbocycles. The molecule has 6 atom stereocenters. The number of carbonyl (C=O) groups is 1. The van der Waals surface area contributed by atoms with Gasteiger partial charge in [0.2, 0.25) is 6.61 Å². The first-order valence-corrected chi connectivity index (χ1v) is 10.6. The second-order valence-corrected chi connectivity index (χ2v) is 9.75. The van der Waals surface area contributed by atoms with Gasteiger partial charge in [-0.1, -0.05) is 30.5 Å². The van der Waals surface area contributed by atoms with Gasteiger partial charge in [0, 0.05) is 5.41 Å². The van der Waals surface area contributed by atoms with Gasteiger partial charge in [0.05, 0.1) is 5.71 Å². The van der Waals surface area contributed by atoms with Crippen molar-refractivity contribution in [2.45, 2.75) is 70.8 Å². The maximum Gasteiger partial charge on any atom is 0.344 e. The van der Waals surface area contributed by atoms with E-state index in [2.05, 4.69) is 31.0 Å². The highest BCUT2D eigenvalue weighted by Crippen LogP contribution is 2.67. The standard InChI is InChI=1S/C23H31NO4/c1-4-23(27)12-9-19-17-6-5-15-13-16(24-28-14-20(25)26)7-10-21(15,2)18(17)8-11-22(19,23)3/h1,13,17-19,27H,5-12,14H2,2-3H3,(H,25,26)/b24-16+/t17-,18-,19+,21-,22-,23+/m0/s1. The van der Waals surface area contributed by atoms with Gasteiger partial charge in [-0.15, -0.1) is 6.42 Å². The molecule has 0 heterocycles. The number of oxime groups is 1. The van der Waals surface area contributed by atoms with Crippen LogP contribution in [0.25, 0.3) is 0 Å². The molecule has 28 heavy (non-hydrogen) atoms. The summed E-state index contributed by atoms with van der Waals surface area (Å²) >= 11 is 0. The van der Waals surface area contributed by atoms with Crippen molar-refractivity contribution >= 4 is 11.7 Å². The van der Waals surface area contributed by atoms with E-state index in [1.165, 1.54) is 5.57 Å². The van der Waals surface area contributed by atoms with E-state index >= 15 is 0 Å². The number of carboxylic acids is 1. The second kappa shape index (κ2) is 6.62. The lowest BCUT2D eigenvalue weighted by atomic mass is 9.46. The number of rotatable bonds is 3. The number of aliphatic carboxylic acids is 1. The number of nitrogens with zero attached hydrogens (tertiary/aromatic N) is 1. The van der Waals surface area contributed by atoms with Gasteiger partial charge in [0.25, 0.3) is 0 Å². The Morgan fingerprint density at radius 2 is 2.00 bits per heavy atom. The molecular formula is C23H31NO4. The summed E-state index contributed by atoms with van der Waals surface area (Å²) in [6, 6.07) is 0. The summed E-state index contributed by atoms with van der Waals surface area (Å²) in [7, 11) is 0. The van der Waals surface area contributed by atoms with Crippen molar-refractivity contribution in [2.75, 3.05) is 6.61 Å². The van der Waals surface area contributed by atoms with Gasteiger partial charge >= 0.3 is 5.97 Å². The molecule has 0 unspecified atom stereocenters. The quantitative estimate of drug-likeness (QED) is 0.572. The molecule has 2 N–H and O–H groups in total. The summed E-state index contributed by atoms with van der Waals surface area (Å²) in [6.07, 6.45) is 15.8. The van der Waals surface area contributed by atoms with E-state index in [1.807, 2.05) is 0 Å². The van der Waals surface area contributed by atoms with Gasteiger partial charge in [0.1, 0.15) is 5.60 Å². The van der Waals surface area contributed by atoms with Gasteiger partial charge in [-0.2, -0.15) is 0 Å². The summed E-state index contributed by atoms with van der Waals surface area (Å²) in [5, 5.41) is 23.8. The molecule has 5 nitrogen and oxygen atoms in total. The van der Waals surface area contributed by atoms with E-state index in [0.29, 0.717) is 17.8 Å². The van der Waals surface area contributed by atoms with Gasteiger partial charge in [-0.05, 0) is 80.6 Å². The Morgan fingerprint density at radius 3 is 2.71 bits per heavy atom. The molecule has 0 saturated heterocycles. The lowest BCUT2D eigenvalue weighted by Gasteiger charge is -2.58. The number of fused-ring (bicyclic) bond motifs is 5. The zero-order valence-electron chi connectivity index (χ0n) is 16.9. The average Bonchev–Trinajstić information content (AvgIpc) is 2.93. The van der Waals surface area contributed by atoms with Crippen LogP contribution in [0.5, 0.6) is 0 Å². The molecule has 5 heteroatoms. The first-order chi connectivity index (χ1) is 13.2. The second-order valence-electron chi connectivity index (χ2n) is 9.75. The molecule has 3 fully saturated rings. The van der Waals surface area contributed by atoms with Crippen LogP contribution >= 0.6 is 0 Å². The highest BCUT2D eigenvalue weighted by Gasteiger charge is 2.63. The minimum absolute atomic E-state index is 0.160.